The van der Waals surface area contributed by atoms with E-state index < -0.39 is 15.9 Å². The van der Waals surface area contributed by atoms with Crippen LogP contribution in [-0.4, -0.2) is 32.3 Å². The predicted molar refractivity (Wildman–Crippen MR) is 130 cm³/mol. The number of carbonyl (C=O) groups is 1. The standard InChI is InChI=1S/C26H30N2O4S/c1-19-12-14-23(15-13-19)33(30,31)28(17-22-9-7-8-20(2)16-22)18-26(29)27-21(3)24-10-5-6-11-25(24)32-4/h5-16,21H,17-18H2,1-4H3,(H,27,29). The number of amides is 1. The first-order valence-corrected chi connectivity index (χ1v) is 12.2. The molecule has 0 fully saturated rings. The van der Waals surface area contributed by atoms with Gasteiger partial charge in [0.15, 0.2) is 0 Å². The van der Waals surface area contributed by atoms with Crippen LogP contribution in [0, 0.1) is 13.8 Å². The highest BCUT2D eigenvalue weighted by molar-refractivity contribution is 7.89. The van der Waals surface area contributed by atoms with E-state index in [-0.39, 0.29) is 24.0 Å². The van der Waals surface area contributed by atoms with E-state index in [0.29, 0.717) is 5.75 Å². The maximum atomic E-state index is 13.5. The number of ether oxygens (including phenoxy) is 1. The van der Waals surface area contributed by atoms with E-state index in [1.807, 2.05) is 69.3 Å². The summed E-state index contributed by atoms with van der Waals surface area (Å²) in [5, 5.41) is 2.91. The molecule has 0 spiro atoms. The lowest BCUT2D eigenvalue weighted by molar-refractivity contribution is -0.122. The lowest BCUT2D eigenvalue weighted by atomic mass is 10.1. The quantitative estimate of drug-likeness (QED) is 0.508. The molecular weight excluding hydrogens is 436 g/mol. The highest BCUT2D eigenvalue weighted by Crippen LogP contribution is 2.25. The molecule has 174 valence electrons. The van der Waals surface area contributed by atoms with Crippen molar-refractivity contribution < 1.29 is 17.9 Å². The summed E-state index contributed by atoms with van der Waals surface area (Å²) in [5.41, 5.74) is 3.62. The van der Waals surface area contributed by atoms with Gasteiger partial charge in [0.05, 0.1) is 24.6 Å². The molecule has 0 radical (unpaired) electrons. The Balaban J connectivity index is 1.85. The van der Waals surface area contributed by atoms with Crippen molar-refractivity contribution in [1.29, 1.82) is 0 Å². The Morgan fingerprint density at radius 3 is 2.33 bits per heavy atom. The summed E-state index contributed by atoms with van der Waals surface area (Å²) in [4.78, 5) is 13.1. The number of nitrogens with zero attached hydrogens (tertiary/aromatic N) is 1. The molecule has 7 heteroatoms. The largest absolute Gasteiger partial charge is 0.496 e. The van der Waals surface area contributed by atoms with E-state index in [1.165, 1.54) is 4.31 Å². The maximum Gasteiger partial charge on any atom is 0.243 e. The molecule has 1 atom stereocenters. The number of aryl methyl sites for hydroxylation is 2. The van der Waals surface area contributed by atoms with Gasteiger partial charge in [-0.25, -0.2) is 8.42 Å². The van der Waals surface area contributed by atoms with Gasteiger partial charge in [-0.1, -0.05) is 65.7 Å². The normalized spacial score (nSPS) is 12.4. The number of nitrogens with one attached hydrogen (secondary N) is 1. The fraction of sp³-hybridized carbons (Fsp3) is 0.269. The number of hydrogen-bond donors (Lipinski definition) is 1. The van der Waals surface area contributed by atoms with Crippen molar-refractivity contribution in [3.8, 4) is 5.75 Å². The number of carbonyl (C=O) groups excluding carboxylic acids is 1. The summed E-state index contributed by atoms with van der Waals surface area (Å²) < 4.78 is 33.5. The van der Waals surface area contributed by atoms with Crippen LogP contribution in [0.3, 0.4) is 0 Å². The lowest BCUT2D eigenvalue weighted by Gasteiger charge is -2.24. The SMILES string of the molecule is COc1ccccc1C(C)NC(=O)CN(Cc1cccc(C)c1)S(=O)(=O)c1ccc(C)cc1. The molecule has 33 heavy (non-hydrogen) atoms. The predicted octanol–water partition coefficient (Wildman–Crippen LogP) is 4.38. The fourth-order valence-electron chi connectivity index (χ4n) is 3.65. The summed E-state index contributed by atoms with van der Waals surface area (Å²) in [6.45, 7) is 5.48. The fourth-order valence-corrected chi connectivity index (χ4v) is 5.03. The minimum Gasteiger partial charge on any atom is -0.496 e. The van der Waals surface area contributed by atoms with Gasteiger partial charge < -0.3 is 10.1 Å². The van der Waals surface area contributed by atoms with Gasteiger partial charge in [0.1, 0.15) is 5.75 Å². The molecule has 0 aliphatic carbocycles. The summed E-state index contributed by atoms with van der Waals surface area (Å²) >= 11 is 0. The van der Waals surface area contributed by atoms with Gasteiger partial charge in [0, 0.05) is 12.1 Å². The lowest BCUT2D eigenvalue weighted by Crippen LogP contribution is -2.41. The van der Waals surface area contributed by atoms with Crippen LogP contribution in [0.1, 0.15) is 35.2 Å². The van der Waals surface area contributed by atoms with Crippen molar-refractivity contribution in [2.75, 3.05) is 13.7 Å². The van der Waals surface area contributed by atoms with Crippen LogP contribution in [0.25, 0.3) is 0 Å². The summed E-state index contributed by atoms with van der Waals surface area (Å²) in [5.74, 6) is 0.269. The first-order chi connectivity index (χ1) is 15.7. The minimum atomic E-state index is -3.89. The highest BCUT2D eigenvalue weighted by Gasteiger charge is 2.27. The first-order valence-electron chi connectivity index (χ1n) is 10.8. The highest BCUT2D eigenvalue weighted by atomic mass is 32.2. The Labute approximate surface area is 196 Å². The van der Waals surface area contributed by atoms with Crippen LogP contribution in [-0.2, 0) is 21.4 Å². The molecule has 6 nitrogen and oxygen atoms in total. The molecule has 0 bridgehead atoms. The zero-order valence-corrected chi connectivity index (χ0v) is 20.2. The average Bonchev–Trinajstić information content (AvgIpc) is 2.79. The Morgan fingerprint density at radius 1 is 0.970 bits per heavy atom. The zero-order valence-electron chi connectivity index (χ0n) is 19.4. The van der Waals surface area contributed by atoms with Gasteiger partial charge in [-0.2, -0.15) is 4.31 Å². The molecule has 1 amide bonds. The second-order valence-corrected chi connectivity index (χ2v) is 10.0. The Hall–Kier alpha value is -3.16. The second kappa shape index (κ2) is 10.6. The van der Waals surface area contributed by atoms with E-state index >= 15 is 0 Å². The molecule has 3 rings (SSSR count). The van der Waals surface area contributed by atoms with Crippen LogP contribution >= 0.6 is 0 Å². The third kappa shape index (κ3) is 6.21. The zero-order chi connectivity index (χ0) is 24.0. The second-order valence-electron chi connectivity index (χ2n) is 8.11. The maximum absolute atomic E-state index is 13.5. The van der Waals surface area contributed by atoms with Crippen LogP contribution < -0.4 is 10.1 Å². The van der Waals surface area contributed by atoms with Crippen LogP contribution in [0.15, 0.2) is 77.7 Å². The Kier molecular flexibility index (Phi) is 7.89. The third-order valence-electron chi connectivity index (χ3n) is 5.40. The monoisotopic (exact) mass is 466 g/mol. The van der Waals surface area contributed by atoms with Gasteiger partial charge in [0.25, 0.3) is 0 Å². The van der Waals surface area contributed by atoms with E-state index in [4.69, 9.17) is 4.74 Å². The van der Waals surface area contributed by atoms with Crippen molar-refractivity contribution in [3.63, 3.8) is 0 Å². The molecule has 1 unspecified atom stereocenters. The van der Waals surface area contributed by atoms with E-state index in [9.17, 15) is 13.2 Å². The summed E-state index contributed by atoms with van der Waals surface area (Å²) in [7, 11) is -2.31. The molecule has 3 aromatic rings. The van der Waals surface area contributed by atoms with Crippen molar-refractivity contribution in [3.05, 3.63) is 95.1 Å². The smallest absolute Gasteiger partial charge is 0.243 e. The first kappa shape index (κ1) is 24.5. The van der Waals surface area contributed by atoms with E-state index in [1.54, 1.807) is 31.4 Å². The van der Waals surface area contributed by atoms with E-state index in [0.717, 1.165) is 22.3 Å². The summed E-state index contributed by atoms with van der Waals surface area (Å²) in [6, 6.07) is 21.3. The van der Waals surface area contributed by atoms with Crippen LogP contribution in [0.5, 0.6) is 5.75 Å². The number of sulfonamides is 1. The number of benzene rings is 3. The van der Waals surface area contributed by atoms with Gasteiger partial charge in [-0.15, -0.1) is 0 Å². The number of rotatable bonds is 9. The third-order valence-corrected chi connectivity index (χ3v) is 7.21. The Bertz CT molecular complexity index is 1210. The van der Waals surface area contributed by atoms with Crippen molar-refractivity contribution in [2.24, 2.45) is 0 Å². The number of methoxy groups -OCH3 is 1. The number of hydrogen-bond acceptors (Lipinski definition) is 4. The molecule has 0 aliphatic heterocycles. The van der Waals surface area contributed by atoms with Crippen LogP contribution in [0.4, 0.5) is 0 Å². The van der Waals surface area contributed by atoms with Gasteiger partial charge >= 0.3 is 0 Å². The van der Waals surface area contributed by atoms with Crippen molar-refractivity contribution in [1.82, 2.24) is 9.62 Å². The molecule has 0 saturated heterocycles. The molecule has 3 aromatic carbocycles. The Morgan fingerprint density at radius 2 is 1.67 bits per heavy atom. The number of para-hydroxylation sites is 1. The van der Waals surface area contributed by atoms with Crippen LogP contribution in [0.2, 0.25) is 0 Å². The molecule has 0 saturated carbocycles. The molecule has 0 aliphatic rings. The molecule has 1 N–H and O–H groups in total. The molecule has 0 heterocycles. The van der Waals surface area contributed by atoms with Gasteiger partial charge in [0.2, 0.25) is 15.9 Å². The van der Waals surface area contributed by atoms with Crippen molar-refractivity contribution in [2.45, 2.75) is 38.3 Å². The van der Waals surface area contributed by atoms with Gasteiger partial charge in [-0.05, 0) is 44.5 Å². The average molecular weight is 467 g/mol. The minimum absolute atomic E-state index is 0.0916. The van der Waals surface area contributed by atoms with E-state index in [2.05, 4.69) is 5.32 Å². The topological polar surface area (TPSA) is 75.7 Å². The van der Waals surface area contributed by atoms with Gasteiger partial charge in [-0.3, -0.25) is 4.79 Å². The summed E-state index contributed by atoms with van der Waals surface area (Å²) in [6.07, 6.45) is 0. The molecular formula is C26H30N2O4S. The molecule has 0 aromatic heterocycles. The van der Waals surface area contributed by atoms with Crippen molar-refractivity contribution >= 4 is 15.9 Å².